The van der Waals surface area contributed by atoms with Crippen molar-refractivity contribution in [1.29, 1.82) is 0 Å². The molecule has 1 fully saturated rings. The second kappa shape index (κ2) is 6.15. The number of pyridine rings is 1. The number of aromatic nitrogens is 1. The van der Waals surface area contributed by atoms with Gasteiger partial charge in [-0.15, -0.1) is 0 Å². The van der Waals surface area contributed by atoms with E-state index in [1.807, 2.05) is 6.20 Å². The molecule has 5 nitrogen and oxygen atoms in total. The third kappa shape index (κ3) is 3.43. The van der Waals surface area contributed by atoms with Crippen LogP contribution >= 0.6 is 15.9 Å². The molecular weight excluding hydrogens is 296 g/mol. The van der Waals surface area contributed by atoms with E-state index < -0.39 is 0 Å². The molecule has 98 valence electrons. The summed E-state index contributed by atoms with van der Waals surface area (Å²) < 4.78 is 0.991. The van der Waals surface area contributed by atoms with Gasteiger partial charge in [-0.3, -0.25) is 9.88 Å². The van der Waals surface area contributed by atoms with E-state index in [0.29, 0.717) is 5.84 Å². The Morgan fingerprint density at radius 1 is 1.61 bits per heavy atom. The number of halogens is 1. The fraction of sp³-hybridized carbons (Fsp3) is 0.500. The zero-order valence-corrected chi connectivity index (χ0v) is 11.7. The molecule has 6 heteroatoms. The summed E-state index contributed by atoms with van der Waals surface area (Å²) in [6, 6.07) is 2.07. The highest BCUT2D eigenvalue weighted by molar-refractivity contribution is 9.10. The lowest BCUT2D eigenvalue weighted by atomic mass is 9.97. The van der Waals surface area contributed by atoms with Crippen LogP contribution in [0.1, 0.15) is 18.4 Å². The normalized spacial score (nSPS) is 22.1. The molecule has 0 aliphatic carbocycles. The van der Waals surface area contributed by atoms with Crippen molar-refractivity contribution < 1.29 is 5.21 Å². The molecule has 0 spiro atoms. The Kier molecular flexibility index (Phi) is 4.54. The van der Waals surface area contributed by atoms with Crippen molar-refractivity contribution in [3.8, 4) is 0 Å². The molecule has 1 aliphatic heterocycles. The van der Waals surface area contributed by atoms with Crippen molar-refractivity contribution in [2.24, 2.45) is 16.8 Å². The lowest BCUT2D eigenvalue weighted by molar-refractivity contribution is 0.192. The molecule has 1 unspecified atom stereocenters. The molecule has 1 saturated heterocycles. The van der Waals surface area contributed by atoms with Gasteiger partial charge in [0.15, 0.2) is 0 Å². The van der Waals surface area contributed by atoms with Gasteiger partial charge in [-0.25, -0.2) is 0 Å². The SMILES string of the molecule is N/C(=N/O)C1CCCN(Cc2cncc(Br)c2)C1. The highest BCUT2D eigenvalue weighted by Gasteiger charge is 2.23. The number of oxime groups is 1. The van der Waals surface area contributed by atoms with Gasteiger partial charge in [0.2, 0.25) is 0 Å². The maximum absolute atomic E-state index is 8.73. The summed E-state index contributed by atoms with van der Waals surface area (Å²) in [6.07, 6.45) is 5.71. The van der Waals surface area contributed by atoms with E-state index in [-0.39, 0.29) is 5.92 Å². The fourth-order valence-corrected chi connectivity index (χ4v) is 2.73. The molecule has 3 N–H and O–H groups in total. The fourth-order valence-electron chi connectivity index (χ4n) is 2.32. The lowest BCUT2D eigenvalue weighted by Crippen LogP contribution is -2.40. The average molecular weight is 313 g/mol. The van der Waals surface area contributed by atoms with Gasteiger partial charge < -0.3 is 10.9 Å². The summed E-state index contributed by atoms with van der Waals surface area (Å²) in [4.78, 5) is 6.47. The summed E-state index contributed by atoms with van der Waals surface area (Å²) in [5, 5.41) is 11.8. The number of hydrogen-bond donors (Lipinski definition) is 2. The number of nitrogens with two attached hydrogens (primary N) is 1. The molecule has 0 bridgehead atoms. The predicted octanol–water partition coefficient (Wildman–Crippen LogP) is 1.80. The third-order valence-electron chi connectivity index (χ3n) is 3.21. The molecule has 2 rings (SSSR count). The minimum Gasteiger partial charge on any atom is -0.409 e. The van der Waals surface area contributed by atoms with Crippen molar-refractivity contribution in [2.75, 3.05) is 13.1 Å². The van der Waals surface area contributed by atoms with Crippen molar-refractivity contribution in [3.05, 3.63) is 28.5 Å². The van der Waals surface area contributed by atoms with Crippen molar-refractivity contribution in [3.63, 3.8) is 0 Å². The Hall–Kier alpha value is -1.14. The van der Waals surface area contributed by atoms with E-state index in [9.17, 15) is 0 Å². The Labute approximate surface area is 115 Å². The molecule has 1 aromatic heterocycles. The molecular formula is C12H17BrN4O. The minimum absolute atomic E-state index is 0.156. The first-order valence-corrected chi connectivity index (χ1v) is 6.77. The van der Waals surface area contributed by atoms with Gasteiger partial charge >= 0.3 is 0 Å². The van der Waals surface area contributed by atoms with E-state index in [1.54, 1.807) is 6.20 Å². The summed E-state index contributed by atoms with van der Waals surface area (Å²) in [6.45, 7) is 2.73. The Bertz CT molecular complexity index is 438. The molecule has 1 aliphatic rings. The molecule has 1 aromatic rings. The summed E-state index contributed by atoms with van der Waals surface area (Å²) >= 11 is 3.42. The number of hydrogen-bond acceptors (Lipinski definition) is 4. The molecule has 18 heavy (non-hydrogen) atoms. The first kappa shape index (κ1) is 13.3. The van der Waals surface area contributed by atoms with Crippen LogP contribution in [0.2, 0.25) is 0 Å². The van der Waals surface area contributed by atoms with Crippen molar-refractivity contribution in [1.82, 2.24) is 9.88 Å². The van der Waals surface area contributed by atoms with Crippen LogP contribution in [0.4, 0.5) is 0 Å². The molecule has 0 amide bonds. The first-order chi connectivity index (χ1) is 8.69. The number of nitrogens with zero attached hydrogens (tertiary/aromatic N) is 3. The minimum atomic E-state index is 0.156. The monoisotopic (exact) mass is 312 g/mol. The Balaban J connectivity index is 1.97. The first-order valence-electron chi connectivity index (χ1n) is 5.98. The number of likely N-dealkylation sites (tertiary alicyclic amines) is 1. The van der Waals surface area contributed by atoms with Crippen LogP contribution in [-0.2, 0) is 6.54 Å². The van der Waals surface area contributed by atoms with E-state index in [0.717, 1.165) is 36.9 Å². The van der Waals surface area contributed by atoms with Crippen molar-refractivity contribution in [2.45, 2.75) is 19.4 Å². The van der Waals surface area contributed by atoms with Gasteiger partial charge in [0.25, 0.3) is 0 Å². The highest BCUT2D eigenvalue weighted by atomic mass is 79.9. The molecule has 0 aromatic carbocycles. The molecule has 2 heterocycles. The van der Waals surface area contributed by atoms with Gasteiger partial charge in [-0.05, 0) is 46.9 Å². The predicted molar refractivity (Wildman–Crippen MR) is 73.3 cm³/mol. The van der Waals surface area contributed by atoms with Gasteiger partial charge in [-0.2, -0.15) is 0 Å². The maximum Gasteiger partial charge on any atom is 0.143 e. The number of rotatable bonds is 3. The standard InChI is InChI=1S/C12H17BrN4O/c13-11-4-9(5-15-6-11)7-17-3-1-2-10(8-17)12(14)16-18/h4-6,10,18H,1-3,7-8H2,(H2,14,16). The van der Waals surface area contributed by atoms with Crippen LogP contribution in [-0.4, -0.2) is 34.0 Å². The maximum atomic E-state index is 8.73. The van der Waals surface area contributed by atoms with E-state index in [4.69, 9.17) is 10.9 Å². The van der Waals surface area contributed by atoms with Crippen LogP contribution in [0.5, 0.6) is 0 Å². The summed E-state index contributed by atoms with van der Waals surface area (Å²) in [7, 11) is 0. The van der Waals surface area contributed by atoms with E-state index >= 15 is 0 Å². The highest BCUT2D eigenvalue weighted by Crippen LogP contribution is 2.19. The number of piperidine rings is 1. The molecule has 1 atom stereocenters. The Morgan fingerprint density at radius 3 is 3.17 bits per heavy atom. The molecule has 0 radical (unpaired) electrons. The smallest absolute Gasteiger partial charge is 0.143 e. The third-order valence-corrected chi connectivity index (χ3v) is 3.64. The zero-order chi connectivity index (χ0) is 13.0. The lowest BCUT2D eigenvalue weighted by Gasteiger charge is -2.31. The quantitative estimate of drug-likeness (QED) is 0.386. The second-order valence-electron chi connectivity index (χ2n) is 4.61. The van der Waals surface area contributed by atoms with Gasteiger partial charge in [0.05, 0.1) is 0 Å². The van der Waals surface area contributed by atoms with Crippen LogP contribution in [0.3, 0.4) is 0 Å². The van der Waals surface area contributed by atoms with Gasteiger partial charge in [-0.1, -0.05) is 5.16 Å². The topological polar surface area (TPSA) is 74.7 Å². The van der Waals surface area contributed by atoms with Crippen LogP contribution < -0.4 is 5.73 Å². The van der Waals surface area contributed by atoms with Crippen LogP contribution in [0, 0.1) is 5.92 Å². The summed E-state index contributed by atoms with van der Waals surface area (Å²) in [5.41, 5.74) is 6.85. The Morgan fingerprint density at radius 2 is 2.44 bits per heavy atom. The van der Waals surface area contributed by atoms with E-state index in [1.165, 1.54) is 5.56 Å². The van der Waals surface area contributed by atoms with Crippen LogP contribution in [0.15, 0.2) is 28.1 Å². The van der Waals surface area contributed by atoms with Crippen LogP contribution in [0.25, 0.3) is 0 Å². The average Bonchev–Trinajstić information content (AvgIpc) is 2.38. The zero-order valence-electron chi connectivity index (χ0n) is 10.1. The number of amidine groups is 1. The second-order valence-corrected chi connectivity index (χ2v) is 5.53. The van der Waals surface area contributed by atoms with Gasteiger partial charge in [0.1, 0.15) is 5.84 Å². The molecule has 0 saturated carbocycles. The van der Waals surface area contributed by atoms with E-state index in [2.05, 4.69) is 37.0 Å². The van der Waals surface area contributed by atoms with Crippen molar-refractivity contribution >= 4 is 21.8 Å². The van der Waals surface area contributed by atoms with Gasteiger partial charge in [0, 0.05) is 35.9 Å². The summed E-state index contributed by atoms with van der Waals surface area (Å²) in [5.74, 6) is 0.496. The largest absolute Gasteiger partial charge is 0.409 e.